The van der Waals surface area contributed by atoms with Crippen LogP contribution in [-0.2, 0) is 0 Å². The van der Waals surface area contributed by atoms with Crippen molar-refractivity contribution < 1.29 is 0 Å². The van der Waals surface area contributed by atoms with Crippen molar-refractivity contribution in [2.45, 2.75) is 78.6 Å². The molecular formula is C12H38P2Si4. The van der Waals surface area contributed by atoms with Crippen LogP contribution in [-0.4, -0.2) is 31.0 Å². The van der Waals surface area contributed by atoms with Crippen LogP contribution in [0.3, 0.4) is 0 Å². The van der Waals surface area contributed by atoms with Crippen molar-refractivity contribution in [3.05, 3.63) is 0 Å². The summed E-state index contributed by atoms with van der Waals surface area (Å²) < 4.78 is 0. The molecule has 0 aliphatic rings. The molecule has 0 aliphatic heterocycles. The van der Waals surface area contributed by atoms with E-state index in [1.807, 2.05) is 0 Å². The third-order valence-corrected chi connectivity index (χ3v) is 54.3. The zero-order chi connectivity index (χ0) is 15.6. The Morgan fingerprint density at radius 2 is 0.611 bits per heavy atom. The summed E-state index contributed by atoms with van der Waals surface area (Å²) >= 11 is 0. The van der Waals surface area contributed by atoms with Crippen molar-refractivity contribution in [1.29, 1.82) is 0 Å². The molecule has 0 saturated carbocycles. The second-order valence-corrected chi connectivity index (χ2v) is 53.0. The fourth-order valence-electron chi connectivity index (χ4n) is 3.02. The lowest BCUT2D eigenvalue weighted by Crippen LogP contribution is -2.43. The Hall–Kier alpha value is 1.73. The van der Waals surface area contributed by atoms with Crippen molar-refractivity contribution in [2.75, 3.05) is 0 Å². The quantitative estimate of drug-likeness (QED) is 0.391. The van der Waals surface area contributed by atoms with Crippen LogP contribution >= 0.6 is 15.4 Å². The average Bonchev–Trinajstić information content (AvgIpc) is 1.65. The lowest BCUT2D eigenvalue weighted by molar-refractivity contribution is 1.81. The Bertz CT molecular complexity index is 201. The molecule has 0 N–H and O–H groups in total. The van der Waals surface area contributed by atoms with Crippen LogP contribution in [0.4, 0.5) is 0 Å². The maximum atomic E-state index is 2.85. The molecule has 0 aromatic carbocycles. The fourth-order valence-corrected chi connectivity index (χ4v) is 81.5. The van der Waals surface area contributed by atoms with Gasteiger partial charge in [-0.25, -0.2) is 0 Å². The minimum absolute atomic E-state index is 0.433. The summed E-state index contributed by atoms with van der Waals surface area (Å²) in [6.07, 6.45) is 0. The molecule has 0 aliphatic carbocycles. The van der Waals surface area contributed by atoms with E-state index in [2.05, 4.69) is 87.4 Å². The van der Waals surface area contributed by atoms with E-state index in [1.165, 1.54) is 0 Å². The topological polar surface area (TPSA) is 0 Å². The van der Waals surface area contributed by atoms with Gasteiger partial charge in [0.05, 0.1) is 31.0 Å². The third kappa shape index (κ3) is 12.7. The molecule has 0 heterocycles. The fraction of sp³-hybridized carbons (Fsp3) is 1.00. The van der Waals surface area contributed by atoms with Gasteiger partial charge in [0.2, 0.25) is 0 Å². The molecule has 0 aromatic rings. The first-order valence-corrected chi connectivity index (χ1v) is 26.6. The van der Waals surface area contributed by atoms with E-state index in [-0.39, 0.29) is 0 Å². The minimum Gasteiger partial charge on any atom is -0.149 e. The van der Waals surface area contributed by atoms with Gasteiger partial charge in [-0.3, -0.25) is 0 Å². The Labute approximate surface area is 125 Å². The van der Waals surface area contributed by atoms with Gasteiger partial charge in [-0.05, 0) is 0 Å². The van der Waals surface area contributed by atoms with Crippen molar-refractivity contribution in [3.63, 3.8) is 0 Å². The molecule has 0 rings (SSSR count). The standard InChI is InChI=1S/C9H27PSi3.C3H11PSi/c1-11(2,3)10(12(4,5)6)13(7,8)9;1-5(2,3)4/h1-9H3;4H2,1-3H3. The molecule has 112 valence electrons. The van der Waals surface area contributed by atoms with Crippen LogP contribution in [0, 0.1) is 0 Å². The summed E-state index contributed by atoms with van der Waals surface area (Å²) in [6.45, 7) is 30.6. The van der Waals surface area contributed by atoms with Gasteiger partial charge in [-0.15, -0.1) is 15.4 Å². The Morgan fingerprint density at radius 1 is 0.500 bits per heavy atom. The summed E-state index contributed by atoms with van der Waals surface area (Å²) in [5.74, 6) is 0. The van der Waals surface area contributed by atoms with Crippen molar-refractivity contribution in [3.8, 4) is 0 Å². The Balaban J connectivity index is 0. The molecule has 1 unspecified atom stereocenters. The second kappa shape index (κ2) is 7.13. The van der Waals surface area contributed by atoms with Crippen molar-refractivity contribution in [1.82, 2.24) is 0 Å². The predicted molar refractivity (Wildman–Crippen MR) is 110 cm³/mol. The van der Waals surface area contributed by atoms with Crippen molar-refractivity contribution in [2.24, 2.45) is 0 Å². The first-order chi connectivity index (χ1) is 7.37. The zero-order valence-corrected chi connectivity index (χ0v) is 21.1. The van der Waals surface area contributed by atoms with E-state index in [0.717, 1.165) is 0 Å². The number of rotatable bonds is 3. The predicted octanol–water partition coefficient (Wildman–Crippen LogP) is 6.67. The van der Waals surface area contributed by atoms with E-state index in [0.29, 0.717) is 6.57 Å². The highest BCUT2D eigenvalue weighted by Gasteiger charge is 2.44. The van der Waals surface area contributed by atoms with Gasteiger partial charge in [0.1, 0.15) is 0 Å². The van der Waals surface area contributed by atoms with Crippen LogP contribution in [0.25, 0.3) is 0 Å². The van der Waals surface area contributed by atoms with Gasteiger partial charge in [0.25, 0.3) is 0 Å². The summed E-state index contributed by atoms with van der Waals surface area (Å²) in [5, 5.41) is 0. The first kappa shape index (κ1) is 22.0. The molecule has 0 amide bonds. The van der Waals surface area contributed by atoms with Crippen LogP contribution in [0.5, 0.6) is 0 Å². The SMILES string of the molecule is C[Si](C)(C)P.C[Si](C)(C)P([Si](C)(C)C)[Si](C)(C)C. The summed E-state index contributed by atoms with van der Waals surface area (Å²) in [7, 11) is -0.448. The highest BCUT2D eigenvalue weighted by molar-refractivity contribution is 8.37. The van der Waals surface area contributed by atoms with Gasteiger partial charge < -0.3 is 0 Å². The molecule has 0 fully saturated rings. The highest BCUT2D eigenvalue weighted by atomic mass is 31.8. The minimum atomic E-state index is -0.869. The first-order valence-electron chi connectivity index (χ1n) is 6.96. The molecule has 0 nitrogen and oxygen atoms in total. The van der Waals surface area contributed by atoms with Gasteiger partial charge in [-0.1, -0.05) is 78.6 Å². The molecular weight excluding hydrogens is 318 g/mol. The maximum absolute atomic E-state index is 2.85. The molecule has 6 heteroatoms. The highest BCUT2D eigenvalue weighted by Crippen LogP contribution is 2.61. The summed E-state index contributed by atoms with van der Waals surface area (Å²) in [4.78, 5) is 0. The second-order valence-electron chi connectivity index (χ2n) is 9.21. The van der Waals surface area contributed by atoms with Gasteiger partial charge >= 0.3 is 0 Å². The smallest absolute Gasteiger partial charge is 0.0653 e. The average molecular weight is 357 g/mol. The maximum Gasteiger partial charge on any atom is 0.0653 e. The molecule has 0 bridgehead atoms. The van der Waals surface area contributed by atoms with Gasteiger partial charge in [0.15, 0.2) is 0 Å². The van der Waals surface area contributed by atoms with Crippen LogP contribution in [0.1, 0.15) is 0 Å². The van der Waals surface area contributed by atoms with Crippen LogP contribution in [0.15, 0.2) is 0 Å². The summed E-state index contributed by atoms with van der Waals surface area (Å²) in [6, 6.07) is 0. The van der Waals surface area contributed by atoms with E-state index in [4.69, 9.17) is 0 Å². The number of hydrogen-bond acceptors (Lipinski definition) is 0. The van der Waals surface area contributed by atoms with Crippen molar-refractivity contribution >= 4 is 46.3 Å². The lowest BCUT2D eigenvalue weighted by atomic mass is 11.8. The monoisotopic (exact) mass is 356 g/mol. The Kier molecular flexibility index (Phi) is 8.72. The van der Waals surface area contributed by atoms with E-state index < -0.39 is 31.0 Å². The third-order valence-electron chi connectivity index (χ3n) is 2.01. The number of hydrogen-bond donors (Lipinski definition) is 0. The van der Waals surface area contributed by atoms with E-state index >= 15 is 0 Å². The molecule has 0 radical (unpaired) electrons. The largest absolute Gasteiger partial charge is 0.149 e. The normalized spacial score (nSPS) is 14.3. The molecule has 0 spiro atoms. The van der Waals surface area contributed by atoms with E-state index in [9.17, 15) is 0 Å². The molecule has 18 heavy (non-hydrogen) atoms. The van der Waals surface area contributed by atoms with Crippen LogP contribution in [0.2, 0.25) is 78.6 Å². The molecule has 0 saturated heterocycles. The summed E-state index contributed by atoms with van der Waals surface area (Å²) in [5.41, 5.74) is 0. The van der Waals surface area contributed by atoms with Gasteiger partial charge in [-0.2, -0.15) is 0 Å². The molecule has 0 aromatic heterocycles. The van der Waals surface area contributed by atoms with Crippen LogP contribution < -0.4 is 0 Å². The lowest BCUT2D eigenvalue weighted by Gasteiger charge is -2.47. The van der Waals surface area contributed by atoms with Gasteiger partial charge in [0, 0.05) is 0 Å². The Morgan fingerprint density at radius 3 is 0.611 bits per heavy atom. The zero-order valence-electron chi connectivity index (χ0n) is 15.0. The van der Waals surface area contributed by atoms with E-state index in [1.54, 1.807) is 0 Å². The molecule has 1 atom stereocenters.